The summed E-state index contributed by atoms with van der Waals surface area (Å²) in [5.41, 5.74) is 36.8. The largest absolute Gasteiger partial charge is 0.307 e. The first-order valence-corrected chi connectivity index (χ1v) is 49.7. The molecule has 4 aliphatic carbocycles. The molecule has 0 radical (unpaired) electrons. The maximum absolute atomic E-state index is 15.9. The molecule has 144 heavy (non-hydrogen) atoms. The molecule has 4 aliphatic rings. The molecule has 1 unspecified atom stereocenters. The molecule has 3 heterocycles. The quantitative estimate of drug-likeness (QED) is 0.0956. The van der Waals surface area contributed by atoms with E-state index < -0.39 is 10.8 Å². The van der Waals surface area contributed by atoms with Gasteiger partial charge in [-0.1, -0.05) is 419 Å². The van der Waals surface area contributed by atoms with Crippen molar-refractivity contribution < 1.29 is 4.79 Å². The fourth-order valence-corrected chi connectivity index (χ4v) is 26.1. The maximum atomic E-state index is 15.9. The average molecular weight is 1830 g/mol. The second-order valence-electron chi connectivity index (χ2n) is 39.2. The fraction of sp³-hybridized carbons (Fsp3) is 0.0145. The van der Waals surface area contributed by atoms with Gasteiger partial charge in [-0.05, 0) is 282 Å². The van der Waals surface area contributed by atoms with Gasteiger partial charge in [-0.3, -0.25) is 9.36 Å². The molecular weight excluding hydrogens is 1740 g/mol. The number of hydrogen-bond acceptors (Lipinski definition) is 4. The summed E-state index contributed by atoms with van der Waals surface area (Å²) in [5, 5.41) is 19.2. The summed E-state index contributed by atoms with van der Waals surface area (Å²) >= 11 is 0. The first kappa shape index (κ1) is 80.1. The molecule has 0 amide bonds. The number of carbonyl (C=O) groups is 1. The van der Waals surface area contributed by atoms with Gasteiger partial charge in [0.05, 0.1) is 32.9 Å². The lowest BCUT2D eigenvalue weighted by Gasteiger charge is -2.31. The Kier molecular flexibility index (Phi) is 17.0. The zero-order valence-corrected chi connectivity index (χ0v) is 77.9. The third-order valence-electron chi connectivity index (χ3n) is 32.2. The molecule has 0 saturated carbocycles. The average Bonchev–Trinajstić information content (AvgIpc) is 1.51. The van der Waals surface area contributed by atoms with Crippen molar-refractivity contribution in [3.05, 3.63) is 547 Å². The zero-order valence-electron chi connectivity index (χ0n) is 77.9. The highest BCUT2D eigenvalue weighted by Gasteiger charge is 2.54. The van der Waals surface area contributed by atoms with Crippen LogP contribution in [0, 0.1) is 0 Å². The summed E-state index contributed by atoms with van der Waals surface area (Å²) in [7, 11) is 0. The van der Waals surface area contributed by atoms with Gasteiger partial charge in [-0.2, -0.15) is 9.97 Å². The predicted molar refractivity (Wildman–Crippen MR) is 594 cm³/mol. The number of benzene rings is 24. The van der Waals surface area contributed by atoms with E-state index in [0.29, 0.717) is 28.7 Å². The molecule has 24 aromatic carbocycles. The van der Waals surface area contributed by atoms with Gasteiger partial charge in [-0.15, -0.1) is 0 Å². The normalized spacial score (nSPS) is 13.8. The van der Waals surface area contributed by atoms with E-state index in [1.54, 1.807) is 0 Å². The van der Waals surface area contributed by atoms with E-state index in [2.05, 4.69) is 494 Å². The number of nitrogens with zero attached hydrogens (tertiary/aromatic N) is 5. The second-order valence-corrected chi connectivity index (χ2v) is 39.2. The number of rotatable bonds is 11. The van der Waals surface area contributed by atoms with Crippen LogP contribution in [0.2, 0.25) is 0 Å². The van der Waals surface area contributed by atoms with Crippen LogP contribution in [0.1, 0.15) is 60.4 Å². The Hall–Kier alpha value is -18.9. The van der Waals surface area contributed by atoms with Crippen molar-refractivity contribution >= 4 is 114 Å². The first-order chi connectivity index (χ1) is 71.3. The molecule has 0 aliphatic heterocycles. The van der Waals surface area contributed by atoms with Crippen molar-refractivity contribution in [2.75, 3.05) is 0 Å². The van der Waals surface area contributed by atoms with E-state index >= 15 is 4.79 Å². The molecule has 6 heteroatoms. The van der Waals surface area contributed by atoms with E-state index in [-0.39, 0.29) is 5.78 Å². The summed E-state index contributed by atoms with van der Waals surface area (Å²) in [6.45, 7) is 0. The van der Waals surface area contributed by atoms with E-state index in [1.807, 2.05) is 6.07 Å². The van der Waals surface area contributed by atoms with Crippen molar-refractivity contribution in [1.29, 1.82) is 0 Å². The van der Waals surface area contributed by atoms with Crippen molar-refractivity contribution in [1.82, 2.24) is 24.1 Å². The number of fused-ring (bicyclic) bond motifs is 39. The van der Waals surface area contributed by atoms with Crippen LogP contribution < -0.4 is 0 Å². The maximum Gasteiger partial charge on any atom is 0.238 e. The highest BCUT2D eigenvalue weighted by atomic mass is 16.1. The number of para-hydroxylation sites is 3. The minimum absolute atomic E-state index is 0.00739. The standard InChI is InChI=1S/C138H81N5O/c144-133(91-65-71-110-107-46-17-24-53-122(107)137(126(110)79-91)120-51-22-15-44-105(120)106-45-16-23-52-121(106)137)92-66-72-111-108-47-18-25-54-123(108)138(127(111)80-92)124-55-26-19-48-109(124)117-78-86(67-73-125(117)138)82-58-60-84(61-59-82)135-139-134(83-30-3-1-4-31-83)140-136(141-135)143-128-56-27-20-49-112(128)119-81-118(130-113-50-21-28-57-129(113)142(132(130)131(119)143)93-34-5-2-6-35-93)104-70-64-87(89-63-69-103-99-41-10-8-37-95(99)97-39-12-14-43-101(97)116(103)77-89)75-114(104)90-33-29-32-85(74-90)88-62-68-102-98-40-9-7-36-94(98)96-38-11-13-42-100(96)115(102)76-88/h1-81H. The minimum Gasteiger partial charge on any atom is -0.307 e. The van der Waals surface area contributed by atoms with E-state index in [0.717, 1.165) is 144 Å². The van der Waals surface area contributed by atoms with E-state index in [1.165, 1.54) is 126 Å². The molecule has 0 fully saturated rings. The SMILES string of the molecule is O=C(c1ccc2c(c1)C1(c3ccccc3-c3ccccc31)c1ccccc1-2)c1ccc2c(c1)C1(c3ccccc3-c3cc(-c4ccc(-c5nc(-c6ccccc6)nc(-n6c7ccccc7c7cc(-c8ccc(-c9ccc%10c%11ccccc%11c%11ccccc%11c%10c9)cc8-c8cccc(-c9ccc%10c%11ccccc%11c%11ccccc%11c%10c9)c8)c8c9ccccc9n(-c9ccccc9)c8c76)n5)cc4)ccc31)c1ccccc1-2. The second kappa shape index (κ2) is 30.6. The van der Waals surface area contributed by atoms with Crippen LogP contribution in [0.25, 0.3) is 243 Å². The number of carbonyl (C=O) groups excluding carboxylic acids is 1. The number of hydrogen-bond donors (Lipinski definition) is 0. The Morgan fingerprint density at radius 1 is 0.181 bits per heavy atom. The first-order valence-electron chi connectivity index (χ1n) is 49.7. The van der Waals surface area contributed by atoms with Crippen molar-refractivity contribution in [3.8, 4) is 135 Å². The van der Waals surface area contributed by atoms with Gasteiger partial charge < -0.3 is 4.57 Å². The molecule has 31 rings (SSSR count). The highest BCUT2D eigenvalue weighted by molar-refractivity contribution is 6.31. The van der Waals surface area contributed by atoms with Gasteiger partial charge in [0, 0.05) is 49.5 Å². The van der Waals surface area contributed by atoms with Gasteiger partial charge in [-0.25, -0.2) is 4.98 Å². The molecular formula is C138H81N5O. The molecule has 27 aromatic rings. The molecule has 3 aromatic heterocycles. The smallest absolute Gasteiger partial charge is 0.238 e. The fourth-order valence-electron chi connectivity index (χ4n) is 26.1. The molecule has 0 N–H and O–H groups in total. The Bertz CT molecular complexity index is 10200. The van der Waals surface area contributed by atoms with Gasteiger partial charge in [0.25, 0.3) is 0 Å². The van der Waals surface area contributed by atoms with Crippen molar-refractivity contribution in [2.24, 2.45) is 0 Å². The lowest BCUT2D eigenvalue weighted by atomic mass is 9.70. The minimum atomic E-state index is -0.725. The molecule has 2 spiro atoms. The van der Waals surface area contributed by atoms with Crippen LogP contribution in [-0.2, 0) is 10.8 Å². The third kappa shape index (κ3) is 11.2. The molecule has 0 bridgehead atoms. The summed E-state index contributed by atoms with van der Waals surface area (Å²) in [5.74, 6) is 1.57. The van der Waals surface area contributed by atoms with Crippen molar-refractivity contribution in [3.63, 3.8) is 0 Å². The highest BCUT2D eigenvalue weighted by Crippen LogP contribution is 2.66. The van der Waals surface area contributed by atoms with Gasteiger partial charge in [0.1, 0.15) is 0 Å². The number of ketones is 1. The predicted octanol–water partition coefficient (Wildman–Crippen LogP) is 34.6. The number of aromatic nitrogens is 5. The molecule has 664 valence electrons. The van der Waals surface area contributed by atoms with Crippen LogP contribution in [0.4, 0.5) is 0 Å². The Balaban J connectivity index is 0.560. The summed E-state index contributed by atoms with van der Waals surface area (Å²) < 4.78 is 4.80. The Labute approximate surface area is 829 Å². The Morgan fingerprint density at radius 2 is 0.521 bits per heavy atom. The zero-order chi connectivity index (χ0) is 94.3. The van der Waals surface area contributed by atoms with Crippen molar-refractivity contribution in [2.45, 2.75) is 10.8 Å². The van der Waals surface area contributed by atoms with Gasteiger partial charge >= 0.3 is 0 Å². The lowest BCUT2D eigenvalue weighted by molar-refractivity contribution is 0.103. The monoisotopic (exact) mass is 1820 g/mol. The molecule has 0 saturated heterocycles. The summed E-state index contributed by atoms with van der Waals surface area (Å²) in [6.07, 6.45) is 0. The Morgan fingerprint density at radius 3 is 1.03 bits per heavy atom. The van der Waals surface area contributed by atoms with Crippen LogP contribution >= 0.6 is 0 Å². The van der Waals surface area contributed by atoms with Gasteiger partial charge in [0.2, 0.25) is 5.95 Å². The van der Waals surface area contributed by atoms with Crippen LogP contribution in [0.5, 0.6) is 0 Å². The topological polar surface area (TPSA) is 65.6 Å². The lowest BCUT2D eigenvalue weighted by Crippen LogP contribution is -2.26. The third-order valence-corrected chi connectivity index (χ3v) is 32.2. The summed E-state index contributed by atoms with van der Waals surface area (Å²) in [6, 6.07) is 181. The van der Waals surface area contributed by atoms with E-state index in [4.69, 9.17) is 15.0 Å². The molecule has 1 atom stereocenters. The molecule has 6 nitrogen and oxygen atoms in total. The van der Waals surface area contributed by atoms with Crippen LogP contribution in [0.15, 0.2) is 491 Å². The van der Waals surface area contributed by atoms with E-state index in [9.17, 15) is 0 Å². The van der Waals surface area contributed by atoms with Crippen LogP contribution in [0.3, 0.4) is 0 Å². The van der Waals surface area contributed by atoms with Gasteiger partial charge in [0.15, 0.2) is 17.4 Å². The van der Waals surface area contributed by atoms with Crippen LogP contribution in [-0.4, -0.2) is 29.9 Å². The summed E-state index contributed by atoms with van der Waals surface area (Å²) in [4.78, 5) is 32.9.